The molecule has 0 spiro atoms. The summed E-state index contributed by atoms with van der Waals surface area (Å²) in [6, 6.07) is 10.9. The Hall–Kier alpha value is -0.400. The number of alkyl halides is 4. The summed E-state index contributed by atoms with van der Waals surface area (Å²) in [5.74, 6) is 0. The molecule has 0 bridgehead atoms. The normalized spacial score (nSPS) is 11.7. The summed E-state index contributed by atoms with van der Waals surface area (Å²) >= 11 is 9.73. The van der Waals surface area contributed by atoms with Crippen LogP contribution in [0.2, 0.25) is 5.02 Å². The maximum Gasteiger partial charge on any atom is 0.416 e. The minimum atomic E-state index is -4.32. The van der Waals surface area contributed by atoms with Gasteiger partial charge < -0.3 is 0 Å². The molecule has 0 atom stereocenters. The van der Waals surface area contributed by atoms with Gasteiger partial charge in [0.2, 0.25) is 0 Å². The first kappa shape index (κ1) is 17.0. The lowest BCUT2D eigenvalue weighted by Gasteiger charge is -2.09. The molecule has 0 saturated carbocycles. The fourth-order valence-corrected chi connectivity index (χ4v) is 3.61. The average molecular weight is 443 g/mol. The van der Waals surface area contributed by atoms with Crippen LogP contribution in [0.25, 0.3) is 0 Å². The first-order valence-corrected chi connectivity index (χ1v) is 8.81. The van der Waals surface area contributed by atoms with Crippen LogP contribution in [-0.2, 0) is 12.6 Å². The summed E-state index contributed by atoms with van der Waals surface area (Å²) < 4.78 is 39.0. The van der Waals surface area contributed by atoms with Crippen molar-refractivity contribution in [3.63, 3.8) is 0 Å². The zero-order valence-corrected chi connectivity index (χ0v) is 14.5. The van der Waals surface area contributed by atoms with Crippen molar-refractivity contribution in [3.8, 4) is 0 Å². The second-order valence-electron chi connectivity index (χ2n) is 4.32. The first-order valence-electron chi connectivity index (χ1n) is 6.09. The van der Waals surface area contributed by atoms with Gasteiger partial charge in [0, 0.05) is 19.2 Å². The maximum absolute atomic E-state index is 12.7. The number of aryl methyl sites for hydroxylation is 1. The summed E-state index contributed by atoms with van der Waals surface area (Å²) in [6.45, 7) is 0. The van der Waals surface area contributed by atoms with E-state index in [0.717, 1.165) is 33.4 Å². The number of hydrogen-bond donors (Lipinski definition) is 0. The van der Waals surface area contributed by atoms with Crippen LogP contribution in [0.4, 0.5) is 13.2 Å². The molecule has 0 nitrogen and oxygen atoms in total. The predicted molar refractivity (Wildman–Crippen MR) is 89.6 cm³/mol. The highest BCUT2D eigenvalue weighted by molar-refractivity contribution is 14.1. The maximum atomic E-state index is 12.7. The Balaban J connectivity index is 2.20. The Labute approximate surface area is 144 Å². The monoisotopic (exact) mass is 442 g/mol. The minimum absolute atomic E-state index is 0.544. The van der Waals surface area contributed by atoms with Gasteiger partial charge in [-0.05, 0) is 42.3 Å². The molecule has 0 amide bonds. The van der Waals surface area contributed by atoms with Crippen molar-refractivity contribution in [2.75, 3.05) is 4.43 Å². The summed E-state index contributed by atoms with van der Waals surface area (Å²) in [5.41, 5.74) is 0.416. The van der Waals surface area contributed by atoms with Crippen LogP contribution in [0.3, 0.4) is 0 Å². The first-order chi connectivity index (χ1) is 9.90. The molecule has 0 aromatic heterocycles. The van der Waals surface area contributed by atoms with Crippen molar-refractivity contribution in [1.82, 2.24) is 0 Å². The largest absolute Gasteiger partial charge is 0.416 e. The zero-order chi connectivity index (χ0) is 15.5. The van der Waals surface area contributed by atoms with Crippen molar-refractivity contribution >= 4 is 46.0 Å². The Bertz CT molecular complexity index is 629. The van der Waals surface area contributed by atoms with E-state index in [1.165, 1.54) is 17.8 Å². The highest BCUT2D eigenvalue weighted by atomic mass is 127. The van der Waals surface area contributed by atoms with Gasteiger partial charge in [0.25, 0.3) is 0 Å². The predicted octanol–water partition coefficient (Wildman–Crippen LogP) is 6.49. The van der Waals surface area contributed by atoms with Gasteiger partial charge in [0.1, 0.15) is 0 Å². The Morgan fingerprint density at radius 2 is 1.76 bits per heavy atom. The van der Waals surface area contributed by atoms with Crippen molar-refractivity contribution in [2.45, 2.75) is 22.4 Å². The van der Waals surface area contributed by atoms with E-state index in [1.54, 1.807) is 12.1 Å². The summed E-state index contributed by atoms with van der Waals surface area (Å²) in [5, 5.41) is 0.656. The van der Waals surface area contributed by atoms with E-state index in [-0.39, 0.29) is 0 Å². The molecule has 0 aliphatic rings. The van der Waals surface area contributed by atoms with Crippen LogP contribution in [0, 0.1) is 0 Å². The van der Waals surface area contributed by atoms with Crippen LogP contribution in [0.5, 0.6) is 0 Å². The number of benzene rings is 2. The van der Waals surface area contributed by atoms with Crippen molar-refractivity contribution in [2.24, 2.45) is 0 Å². The van der Waals surface area contributed by atoms with Gasteiger partial charge in [-0.1, -0.05) is 58.1 Å². The Morgan fingerprint density at radius 3 is 2.38 bits per heavy atom. The third-order valence-corrected chi connectivity index (χ3v) is 4.66. The Morgan fingerprint density at radius 1 is 1.05 bits per heavy atom. The molecule has 6 heteroatoms. The lowest BCUT2D eigenvalue weighted by atomic mass is 10.2. The van der Waals surface area contributed by atoms with Crippen molar-refractivity contribution in [1.29, 1.82) is 0 Å². The lowest BCUT2D eigenvalue weighted by molar-refractivity contribution is -0.137. The van der Waals surface area contributed by atoms with Gasteiger partial charge in [0.05, 0.1) is 5.56 Å². The fourth-order valence-electron chi connectivity index (χ4n) is 1.77. The van der Waals surface area contributed by atoms with E-state index in [2.05, 4.69) is 22.6 Å². The van der Waals surface area contributed by atoms with E-state index in [9.17, 15) is 13.2 Å². The molecular formula is C15H11ClF3IS. The van der Waals surface area contributed by atoms with Gasteiger partial charge in [-0.3, -0.25) is 0 Å². The molecule has 0 radical (unpaired) electrons. The van der Waals surface area contributed by atoms with Crippen molar-refractivity contribution in [3.05, 3.63) is 58.6 Å². The molecule has 0 heterocycles. The van der Waals surface area contributed by atoms with E-state index < -0.39 is 11.7 Å². The van der Waals surface area contributed by atoms with E-state index >= 15 is 0 Å². The smallest absolute Gasteiger partial charge is 0.166 e. The molecule has 0 saturated heterocycles. The van der Waals surface area contributed by atoms with Gasteiger partial charge in [0.15, 0.2) is 0 Å². The number of halogens is 5. The highest BCUT2D eigenvalue weighted by Gasteiger charge is 2.30. The summed E-state index contributed by atoms with van der Waals surface area (Å²) in [6.07, 6.45) is -3.44. The standard InChI is InChI=1S/C15H11ClF3IS/c16-14-9-13(5-4-10(14)6-7-20)21-12-3-1-2-11(8-12)15(17,18)19/h1-5,8-9H,6-7H2. The Kier molecular flexibility index (Phi) is 5.85. The summed E-state index contributed by atoms with van der Waals surface area (Å²) in [7, 11) is 0. The third kappa shape index (κ3) is 4.79. The van der Waals surface area contributed by atoms with Crippen LogP contribution in [-0.4, -0.2) is 4.43 Å². The fraction of sp³-hybridized carbons (Fsp3) is 0.200. The second kappa shape index (κ2) is 7.24. The molecule has 0 fully saturated rings. The van der Waals surface area contributed by atoms with Crippen LogP contribution in [0.15, 0.2) is 52.3 Å². The van der Waals surface area contributed by atoms with Crippen LogP contribution in [0.1, 0.15) is 11.1 Å². The summed E-state index contributed by atoms with van der Waals surface area (Å²) in [4.78, 5) is 1.37. The van der Waals surface area contributed by atoms with Gasteiger partial charge >= 0.3 is 6.18 Å². The topological polar surface area (TPSA) is 0 Å². The zero-order valence-electron chi connectivity index (χ0n) is 10.8. The molecule has 0 aliphatic carbocycles. The van der Waals surface area contributed by atoms with E-state index in [0.29, 0.717) is 9.92 Å². The average Bonchev–Trinajstić information content (AvgIpc) is 2.41. The van der Waals surface area contributed by atoms with Gasteiger partial charge in [-0.25, -0.2) is 0 Å². The molecule has 21 heavy (non-hydrogen) atoms. The highest BCUT2D eigenvalue weighted by Crippen LogP contribution is 2.35. The molecule has 0 N–H and O–H groups in total. The van der Waals surface area contributed by atoms with E-state index in [1.807, 2.05) is 12.1 Å². The molecule has 0 aliphatic heterocycles. The second-order valence-corrected chi connectivity index (χ2v) is 6.95. The third-order valence-electron chi connectivity index (χ3n) is 2.79. The SMILES string of the molecule is FC(F)(F)c1cccc(Sc2ccc(CCI)c(Cl)c2)c1. The minimum Gasteiger partial charge on any atom is -0.166 e. The molecule has 0 unspecified atom stereocenters. The molecule has 2 aromatic rings. The quantitative estimate of drug-likeness (QED) is 0.385. The molecule has 2 aromatic carbocycles. The molecule has 2 rings (SSSR count). The van der Waals surface area contributed by atoms with Gasteiger partial charge in [-0.15, -0.1) is 0 Å². The van der Waals surface area contributed by atoms with Gasteiger partial charge in [-0.2, -0.15) is 13.2 Å². The van der Waals surface area contributed by atoms with Crippen LogP contribution < -0.4 is 0 Å². The number of hydrogen-bond acceptors (Lipinski definition) is 1. The molecule has 112 valence electrons. The van der Waals surface area contributed by atoms with Crippen molar-refractivity contribution < 1.29 is 13.2 Å². The lowest BCUT2D eigenvalue weighted by Crippen LogP contribution is -2.04. The van der Waals surface area contributed by atoms with E-state index in [4.69, 9.17) is 11.6 Å². The molecular weight excluding hydrogens is 432 g/mol. The van der Waals surface area contributed by atoms with Crippen LogP contribution >= 0.6 is 46.0 Å². The number of rotatable bonds is 4.